The van der Waals surface area contributed by atoms with Crippen molar-refractivity contribution in [3.63, 3.8) is 0 Å². The normalized spacial score (nSPS) is 25.5. The molecule has 0 saturated carbocycles. The van der Waals surface area contributed by atoms with Gasteiger partial charge in [-0.05, 0) is 37.6 Å². The number of aliphatic carboxylic acids is 1. The molecule has 5 nitrogen and oxygen atoms in total. The van der Waals surface area contributed by atoms with Crippen LogP contribution in [0.3, 0.4) is 0 Å². The van der Waals surface area contributed by atoms with Crippen LogP contribution in [0.4, 0.5) is 0 Å². The fourth-order valence-electron chi connectivity index (χ4n) is 2.96. The van der Waals surface area contributed by atoms with Gasteiger partial charge in [0, 0.05) is 19.1 Å². The fourth-order valence-corrected chi connectivity index (χ4v) is 2.96. The first kappa shape index (κ1) is 15.8. The van der Waals surface area contributed by atoms with E-state index in [9.17, 15) is 9.90 Å². The van der Waals surface area contributed by atoms with Gasteiger partial charge in [0.05, 0.1) is 12.5 Å². The highest BCUT2D eigenvalue weighted by Crippen LogP contribution is 2.34. The number of rotatable bonds is 6. The number of carbonyl (C=O) groups is 1. The van der Waals surface area contributed by atoms with Crippen LogP contribution in [0.5, 0.6) is 5.75 Å². The number of hydrogen-bond donors (Lipinski definition) is 2. The van der Waals surface area contributed by atoms with Crippen LogP contribution in [-0.4, -0.2) is 44.0 Å². The highest BCUT2D eigenvalue weighted by Gasteiger charge is 2.36. The number of nitrogens with one attached hydrogen (secondary N) is 1. The maximum atomic E-state index is 11.6. The Balaban J connectivity index is 2.15. The summed E-state index contributed by atoms with van der Waals surface area (Å²) in [6.45, 7) is 3.80. The Hall–Kier alpha value is -1.59. The lowest BCUT2D eigenvalue weighted by atomic mass is 9.77. The zero-order valence-electron chi connectivity index (χ0n) is 12.5. The summed E-state index contributed by atoms with van der Waals surface area (Å²) in [7, 11) is 1.63. The molecule has 0 spiro atoms. The van der Waals surface area contributed by atoms with Crippen LogP contribution in [-0.2, 0) is 9.53 Å². The van der Waals surface area contributed by atoms with Gasteiger partial charge in [-0.25, -0.2) is 0 Å². The highest BCUT2D eigenvalue weighted by molar-refractivity contribution is 5.72. The Kier molecular flexibility index (Phi) is 5.59. The zero-order valence-corrected chi connectivity index (χ0v) is 12.5. The van der Waals surface area contributed by atoms with Gasteiger partial charge in [-0.1, -0.05) is 12.1 Å². The summed E-state index contributed by atoms with van der Waals surface area (Å²) >= 11 is 0. The molecule has 0 radical (unpaired) electrons. The van der Waals surface area contributed by atoms with Crippen molar-refractivity contribution in [3.05, 3.63) is 29.8 Å². The van der Waals surface area contributed by atoms with Gasteiger partial charge < -0.3 is 19.9 Å². The van der Waals surface area contributed by atoms with Crippen LogP contribution in [0.25, 0.3) is 0 Å². The lowest BCUT2D eigenvalue weighted by molar-refractivity contribution is -0.144. The largest absolute Gasteiger partial charge is 0.491 e. The Bertz CT molecular complexity index is 477. The molecule has 1 aromatic carbocycles. The molecule has 1 aliphatic heterocycles. The number of methoxy groups -OCH3 is 1. The van der Waals surface area contributed by atoms with Gasteiger partial charge in [-0.3, -0.25) is 4.79 Å². The minimum absolute atomic E-state index is 0.0183. The summed E-state index contributed by atoms with van der Waals surface area (Å²) in [6.07, 6.45) is 0.822. The molecule has 1 aromatic rings. The zero-order chi connectivity index (χ0) is 15.2. The van der Waals surface area contributed by atoms with Gasteiger partial charge in [0.15, 0.2) is 0 Å². The predicted octanol–water partition coefficient (Wildman–Crippen LogP) is 1.88. The Morgan fingerprint density at radius 3 is 2.95 bits per heavy atom. The molecule has 2 N–H and O–H groups in total. The van der Waals surface area contributed by atoms with E-state index in [2.05, 4.69) is 5.32 Å². The van der Waals surface area contributed by atoms with Gasteiger partial charge in [0.2, 0.25) is 0 Å². The van der Waals surface area contributed by atoms with Crippen LogP contribution in [0.15, 0.2) is 24.3 Å². The third kappa shape index (κ3) is 3.95. The number of hydrogen-bond acceptors (Lipinski definition) is 4. The molecule has 0 bridgehead atoms. The van der Waals surface area contributed by atoms with E-state index in [1.54, 1.807) is 7.11 Å². The standard InChI is InChI=1S/C16H23NO4/c1-11-15(16(18)19)14(6-7-17-11)12-4-3-5-13(10-12)21-9-8-20-2/h3-5,10-11,14-15,17H,6-9H2,1-2H3,(H,18,19). The Morgan fingerprint density at radius 1 is 1.43 bits per heavy atom. The SMILES string of the molecule is COCCOc1cccc(C2CCNC(C)C2C(=O)O)c1. The molecule has 0 aliphatic carbocycles. The Morgan fingerprint density at radius 2 is 2.24 bits per heavy atom. The van der Waals surface area contributed by atoms with Crippen molar-refractivity contribution in [1.82, 2.24) is 5.32 Å². The summed E-state index contributed by atoms with van der Waals surface area (Å²) in [5.41, 5.74) is 1.03. The molecule has 1 aliphatic rings. The minimum Gasteiger partial charge on any atom is -0.491 e. The van der Waals surface area contributed by atoms with Crippen molar-refractivity contribution < 1.29 is 19.4 Å². The molecule has 1 heterocycles. The lowest BCUT2D eigenvalue weighted by Gasteiger charge is -2.35. The van der Waals surface area contributed by atoms with Crippen molar-refractivity contribution in [2.75, 3.05) is 26.9 Å². The van der Waals surface area contributed by atoms with E-state index in [1.807, 2.05) is 31.2 Å². The van der Waals surface area contributed by atoms with Gasteiger partial charge in [-0.15, -0.1) is 0 Å². The van der Waals surface area contributed by atoms with E-state index < -0.39 is 11.9 Å². The second-order valence-corrected chi connectivity index (χ2v) is 5.42. The van der Waals surface area contributed by atoms with Crippen LogP contribution in [0.2, 0.25) is 0 Å². The third-order valence-corrected chi connectivity index (χ3v) is 4.02. The van der Waals surface area contributed by atoms with E-state index in [0.717, 1.165) is 24.3 Å². The van der Waals surface area contributed by atoms with Gasteiger partial charge in [-0.2, -0.15) is 0 Å². The van der Waals surface area contributed by atoms with Crippen molar-refractivity contribution >= 4 is 5.97 Å². The monoisotopic (exact) mass is 293 g/mol. The van der Waals surface area contributed by atoms with E-state index in [0.29, 0.717) is 13.2 Å². The molecule has 1 fully saturated rings. The topological polar surface area (TPSA) is 67.8 Å². The maximum Gasteiger partial charge on any atom is 0.308 e. The number of benzene rings is 1. The molecular weight excluding hydrogens is 270 g/mol. The molecule has 116 valence electrons. The summed E-state index contributed by atoms with van der Waals surface area (Å²) < 4.78 is 10.6. The molecule has 3 atom stereocenters. The molecule has 3 unspecified atom stereocenters. The van der Waals surface area contributed by atoms with Crippen molar-refractivity contribution in [2.24, 2.45) is 5.92 Å². The van der Waals surface area contributed by atoms with E-state index in [1.165, 1.54) is 0 Å². The van der Waals surface area contributed by atoms with Crippen LogP contribution in [0, 0.1) is 5.92 Å². The summed E-state index contributed by atoms with van der Waals surface area (Å²) in [5.74, 6) is -0.372. The fraction of sp³-hybridized carbons (Fsp3) is 0.562. The van der Waals surface area contributed by atoms with E-state index >= 15 is 0 Å². The second kappa shape index (κ2) is 7.43. The number of piperidine rings is 1. The number of carboxylic acids is 1. The maximum absolute atomic E-state index is 11.6. The summed E-state index contributed by atoms with van der Waals surface area (Å²) in [6, 6.07) is 7.72. The van der Waals surface area contributed by atoms with Gasteiger partial charge in [0.25, 0.3) is 0 Å². The highest BCUT2D eigenvalue weighted by atomic mass is 16.5. The number of ether oxygens (including phenoxy) is 2. The lowest BCUT2D eigenvalue weighted by Crippen LogP contribution is -2.46. The molecule has 21 heavy (non-hydrogen) atoms. The first-order valence-corrected chi connectivity index (χ1v) is 7.31. The second-order valence-electron chi connectivity index (χ2n) is 5.42. The molecular formula is C16H23NO4. The first-order valence-electron chi connectivity index (χ1n) is 7.31. The molecule has 0 aromatic heterocycles. The first-order chi connectivity index (χ1) is 10.1. The average Bonchev–Trinajstić information content (AvgIpc) is 2.47. The molecule has 5 heteroatoms. The predicted molar refractivity (Wildman–Crippen MR) is 79.8 cm³/mol. The van der Waals surface area contributed by atoms with Crippen molar-refractivity contribution in [2.45, 2.75) is 25.3 Å². The summed E-state index contributed by atoms with van der Waals surface area (Å²) in [4.78, 5) is 11.6. The van der Waals surface area contributed by atoms with Crippen LogP contribution < -0.4 is 10.1 Å². The molecule has 2 rings (SSSR count). The van der Waals surface area contributed by atoms with Crippen molar-refractivity contribution in [1.29, 1.82) is 0 Å². The Labute approximate surface area is 125 Å². The van der Waals surface area contributed by atoms with Gasteiger partial charge >= 0.3 is 5.97 Å². The molecule has 0 amide bonds. The van der Waals surface area contributed by atoms with E-state index in [4.69, 9.17) is 9.47 Å². The molecule has 1 saturated heterocycles. The van der Waals surface area contributed by atoms with Gasteiger partial charge in [0.1, 0.15) is 12.4 Å². The number of carboxylic acid groups (broad SMARTS) is 1. The van der Waals surface area contributed by atoms with Crippen molar-refractivity contribution in [3.8, 4) is 5.75 Å². The third-order valence-electron chi connectivity index (χ3n) is 4.02. The summed E-state index contributed by atoms with van der Waals surface area (Å²) in [5, 5.41) is 12.7. The van der Waals surface area contributed by atoms with Crippen LogP contribution in [0.1, 0.15) is 24.8 Å². The quantitative estimate of drug-likeness (QED) is 0.784. The van der Waals surface area contributed by atoms with E-state index in [-0.39, 0.29) is 12.0 Å². The van der Waals surface area contributed by atoms with Crippen LogP contribution >= 0.6 is 0 Å². The smallest absolute Gasteiger partial charge is 0.308 e. The minimum atomic E-state index is -0.745. The average molecular weight is 293 g/mol.